The van der Waals surface area contributed by atoms with Gasteiger partial charge in [0.15, 0.2) is 0 Å². The highest BCUT2D eigenvalue weighted by Gasteiger charge is 2.13. The standard InChI is InChI=1S/C13H22N2O2S.ClH/c1-11(2)8-9-18(16,17)15-10-13(14)12-6-4-3-5-7-12;/h3-7,11,13,15H,8-10,14H2,1-2H3;1H. The highest BCUT2D eigenvalue weighted by Crippen LogP contribution is 2.09. The lowest BCUT2D eigenvalue weighted by Gasteiger charge is -2.14. The third-order valence-electron chi connectivity index (χ3n) is 2.71. The van der Waals surface area contributed by atoms with Crippen molar-refractivity contribution < 1.29 is 8.42 Å². The lowest BCUT2D eigenvalue weighted by atomic mass is 10.1. The Morgan fingerprint density at radius 3 is 2.32 bits per heavy atom. The van der Waals surface area contributed by atoms with Gasteiger partial charge in [0.1, 0.15) is 0 Å². The van der Waals surface area contributed by atoms with Crippen molar-refractivity contribution in [3.05, 3.63) is 35.9 Å². The van der Waals surface area contributed by atoms with Crippen LogP contribution in [0, 0.1) is 5.92 Å². The molecule has 0 aliphatic rings. The molecule has 4 nitrogen and oxygen atoms in total. The summed E-state index contributed by atoms with van der Waals surface area (Å²) in [6, 6.07) is 9.17. The number of benzene rings is 1. The molecule has 0 saturated heterocycles. The Hall–Kier alpha value is -0.620. The minimum Gasteiger partial charge on any atom is -0.323 e. The van der Waals surface area contributed by atoms with Crippen molar-refractivity contribution in [2.24, 2.45) is 11.7 Å². The number of nitrogens with one attached hydrogen (secondary N) is 1. The van der Waals surface area contributed by atoms with E-state index in [1.54, 1.807) is 0 Å². The van der Waals surface area contributed by atoms with Gasteiger partial charge in [-0.3, -0.25) is 0 Å². The number of rotatable bonds is 7. The molecule has 0 aliphatic heterocycles. The molecule has 6 heteroatoms. The van der Waals surface area contributed by atoms with Crippen LogP contribution in [0.15, 0.2) is 30.3 Å². The van der Waals surface area contributed by atoms with E-state index in [1.807, 2.05) is 44.2 Å². The molecular formula is C13H23ClN2O2S. The zero-order valence-corrected chi connectivity index (χ0v) is 13.0. The molecule has 0 bridgehead atoms. The summed E-state index contributed by atoms with van der Waals surface area (Å²) in [5.41, 5.74) is 6.87. The van der Waals surface area contributed by atoms with Crippen molar-refractivity contribution in [3.63, 3.8) is 0 Å². The molecule has 3 N–H and O–H groups in total. The first-order valence-corrected chi connectivity index (χ1v) is 7.84. The monoisotopic (exact) mass is 306 g/mol. The molecule has 0 amide bonds. The number of sulfonamides is 1. The molecule has 0 aromatic heterocycles. The first-order valence-electron chi connectivity index (χ1n) is 6.18. The van der Waals surface area contributed by atoms with E-state index in [0.717, 1.165) is 5.56 Å². The number of halogens is 1. The maximum Gasteiger partial charge on any atom is 0.211 e. The SMILES string of the molecule is CC(C)CCS(=O)(=O)NCC(N)c1ccccc1.Cl. The largest absolute Gasteiger partial charge is 0.323 e. The summed E-state index contributed by atoms with van der Waals surface area (Å²) in [7, 11) is -3.21. The summed E-state index contributed by atoms with van der Waals surface area (Å²) in [6.07, 6.45) is 0.663. The van der Waals surface area contributed by atoms with Crippen molar-refractivity contribution in [3.8, 4) is 0 Å². The van der Waals surface area contributed by atoms with Gasteiger partial charge in [0, 0.05) is 12.6 Å². The Balaban J connectivity index is 0.00000324. The molecular weight excluding hydrogens is 284 g/mol. The third-order valence-corrected chi connectivity index (χ3v) is 4.09. The second kappa shape index (κ2) is 8.53. The number of hydrogen-bond acceptors (Lipinski definition) is 3. The summed E-state index contributed by atoms with van der Waals surface area (Å²) in [5, 5.41) is 0. The van der Waals surface area contributed by atoms with Gasteiger partial charge in [-0.2, -0.15) is 0 Å². The van der Waals surface area contributed by atoms with Crippen LogP contribution in [0.1, 0.15) is 31.9 Å². The Labute approximate surface area is 122 Å². The predicted octanol–water partition coefficient (Wildman–Crippen LogP) is 2.07. The van der Waals surface area contributed by atoms with Gasteiger partial charge < -0.3 is 5.73 Å². The van der Waals surface area contributed by atoms with Gasteiger partial charge in [0.05, 0.1) is 5.75 Å². The summed E-state index contributed by atoms with van der Waals surface area (Å²) in [5.74, 6) is 0.538. The van der Waals surface area contributed by atoms with E-state index >= 15 is 0 Å². The fourth-order valence-corrected chi connectivity index (χ4v) is 2.86. The molecule has 0 radical (unpaired) electrons. The summed E-state index contributed by atoms with van der Waals surface area (Å²) in [6.45, 7) is 4.25. The smallest absolute Gasteiger partial charge is 0.211 e. The Morgan fingerprint density at radius 2 is 1.79 bits per heavy atom. The van der Waals surface area contributed by atoms with Crippen molar-refractivity contribution in [2.45, 2.75) is 26.3 Å². The van der Waals surface area contributed by atoms with Crippen molar-refractivity contribution in [2.75, 3.05) is 12.3 Å². The van der Waals surface area contributed by atoms with Crippen LogP contribution in [0.3, 0.4) is 0 Å². The normalized spacial score (nSPS) is 13.1. The second-order valence-electron chi connectivity index (χ2n) is 4.87. The lowest BCUT2D eigenvalue weighted by molar-refractivity contribution is 0.555. The van der Waals surface area contributed by atoms with Crippen LogP contribution in [0.25, 0.3) is 0 Å². The Morgan fingerprint density at radius 1 is 1.21 bits per heavy atom. The zero-order chi connectivity index (χ0) is 13.6. The summed E-state index contributed by atoms with van der Waals surface area (Å²) < 4.78 is 26.0. The molecule has 0 spiro atoms. The maximum absolute atomic E-state index is 11.7. The molecule has 0 heterocycles. The van der Waals surface area contributed by atoms with Crippen LogP contribution < -0.4 is 10.5 Å². The number of hydrogen-bond donors (Lipinski definition) is 2. The van der Waals surface area contributed by atoms with E-state index < -0.39 is 10.0 Å². The Kier molecular flexibility index (Phi) is 8.25. The molecule has 19 heavy (non-hydrogen) atoms. The first kappa shape index (κ1) is 18.4. The molecule has 1 aromatic carbocycles. The molecule has 0 aliphatic carbocycles. The molecule has 0 saturated carbocycles. The van der Waals surface area contributed by atoms with Crippen molar-refractivity contribution in [1.82, 2.24) is 4.72 Å². The highest BCUT2D eigenvalue weighted by molar-refractivity contribution is 7.89. The lowest BCUT2D eigenvalue weighted by Crippen LogP contribution is -2.33. The Bertz CT molecular complexity index is 449. The third kappa shape index (κ3) is 7.52. The van der Waals surface area contributed by atoms with Crippen LogP contribution >= 0.6 is 12.4 Å². The van der Waals surface area contributed by atoms with Crippen LogP contribution in [0.2, 0.25) is 0 Å². The van der Waals surface area contributed by atoms with E-state index in [0.29, 0.717) is 12.3 Å². The molecule has 1 rings (SSSR count). The van der Waals surface area contributed by atoms with Gasteiger partial charge in [-0.05, 0) is 17.9 Å². The highest BCUT2D eigenvalue weighted by atomic mass is 35.5. The maximum atomic E-state index is 11.7. The topological polar surface area (TPSA) is 72.2 Å². The summed E-state index contributed by atoms with van der Waals surface area (Å²) in [4.78, 5) is 0. The first-order chi connectivity index (χ1) is 8.41. The van der Waals surface area contributed by atoms with Crippen LogP contribution in [-0.2, 0) is 10.0 Å². The molecule has 0 fully saturated rings. The minimum absolute atomic E-state index is 0. The predicted molar refractivity (Wildman–Crippen MR) is 81.9 cm³/mol. The number of nitrogens with two attached hydrogens (primary N) is 1. The molecule has 110 valence electrons. The molecule has 1 atom stereocenters. The van der Waals surface area contributed by atoms with Gasteiger partial charge >= 0.3 is 0 Å². The fraction of sp³-hybridized carbons (Fsp3) is 0.538. The molecule has 1 unspecified atom stereocenters. The van der Waals surface area contributed by atoms with Crippen LogP contribution in [0.4, 0.5) is 0 Å². The molecule has 1 aromatic rings. The van der Waals surface area contributed by atoms with E-state index in [4.69, 9.17) is 5.73 Å². The van der Waals surface area contributed by atoms with Gasteiger partial charge in [-0.15, -0.1) is 12.4 Å². The van der Waals surface area contributed by atoms with Crippen molar-refractivity contribution >= 4 is 22.4 Å². The van der Waals surface area contributed by atoms with Gasteiger partial charge in [0.2, 0.25) is 10.0 Å². The van der Waals surface area contributed by atoms with E-state index in [2.05, 4.69) is 4.72 Å². The van der Waals surface area contributed by atoms with Gasteiger partial charge in [-0.25, -0.2) is 13.1 Å². The minimum atomic E-state index is -3.21. The average Bonchev–Trinajstić information content (AvgIpc) is 2.35. The van der Waals surface area contributed by atoms with E-state index in [-0.39, 0.29) is 30.7 Å². The van der Waals surface area contributed by atoms with E-state index in [9.17, 15) is 8.42 Å². The zero-order valence-electron chi connectivity index (χ0n) is 11.4. The van der Waals surface area contributed by atoms with Crippen LogP contribution in [-0.4, -0.2) is 20.7 Å². The average molecular weight is 307 g/mol. The van der Waals surface area contributed by atoms with E-state index in [1.165, 1.54) is 0 Å². The quantitative estimate of drug-likeness (QED) is 0.810. The summed E-state index contributed by atoms with van der Waals surface area (Å²) >= 11 is 0. The van der Waals surface area contributed by atoms with Gasteiger partial charge in [-0.1, -0.05) is 44.2 Å². The van der Waals surface area contributed by atoms with Crippen LogP contribution in [0.5, 0.6) is 0 Å². The van der Waals surface area contributed by atoms with Gasteiger partial charge in [0.25, 0.3) is 0 Å². The fourth-order valence-electron chi connectivity index (χ4n) is 1.50. The van der Waals surface area contributed by atoms with Crippen molar-refractivity contribution in [1.29, 1.82) is 0 Å². The second-order valence-corrected chi connectivity index (χ2v) is 6.79.